The number of anilines is 2. The molecule has 0 bridgehead atoms. The number of benzene rings is 2. The van der Waals surface area contributed by atoms with Crippen molar-refractivity contribution in [2.75, 3.05) is 11.5 Å². The Bertz CT molecular complexity index is 1890. The highest BCUT2D eigenvalue weighted by molar-refractivity contribution is 6.09. The van der Waals surface area contributed by atoms with Crippen LogP contribution >= 0.6 is 0 Å². The molecule has 1 saturated heterocycles. The van der Waals surface area contributed by atoms with Crippen molar-refractivity contribution < 1.29 is 9.59 Å². The van der Waals surface area contributed by atoms with Gasteiger partial charge in [0.2, 0.25) is 11.8 Å². The number of pyridine rings is 4. The number of nitrogens with one attached hydrogen (secondary N) is 1. The fourth-order valence-corrected chi connectivity index (χ4v) is 4.84. The van der Waals surface area contributed by atoms with E-state index in [0.717, 1.165) is 43.8 Å². The third-order valence-corrected chi connectivity index (χ3v) is 6.69. The summed E-state index contributed by atoms with van der Waals surface area (Å²) in [6, 6.07) is 19.0. The van der Waals surface area contributed by atoms with Crippen LogP contribution in [-0.4, -0.2) is 31.8 Å². The van der Waals surface area contributed by atoms with Crippen molar-refractivity contribution in [1.82, 2.24) is 25.3 Å². The molecule has 186 valence electrons. The van der Waals surface area contributed by atoms with Crippen LogP contribution in [0.4, 0.5) is 11.4 Å². The van der Waals surface area contributed by atoms with Gasteiger partial charge in [0, 0.05) is 57.9 Å². The van der Waals surface area contributed by atoms with Gasteiger partial charge < -0.3 is 11.5 Å². The minimum atomic E-state index is -0.419. The number of hydrogen-bond acceptors (Lipinski definition) is 8. The van der Waals surface area contributed by atoms with E-state index in [1.165, 1.54) is 0 Å². The molecule has 4 aromatic heterocycles. The Morgan fingerprint density at radius 2 is 1.29 bits per heavy atom. The number of nitrogen functional groups attached to an aromatic ring is 2. The minimum absolute atomic E-state index is 0.233. The highest BCUT2D eigenvalue weighted by atomic mass is 16.2. The predicted molar refractivity (Wildman–Crippen MR) is 148 cm³/mol. The van der Waals surface area contributed by atoms with Gasteiger partial charge in [0.05, 0.1) is 33.7 Å². The van der Waals surface area contributed by atoms with Crippen molar-refractivity contribution in [3.63, 3.8) is 0 Å². The van der Waals surface area contributed by atoms with Gasteiger partial charge in [-0.2, -0.15) is 0 Å². The van der Waals surface area contributed by atoms with Crippen molar-refractivity contribution >= 4 is 66.8 Å². The maximum absolute atomic E-state index is 12.1. The number of hydrogen-bond donors (Lipinski definition) is 3. The maximum Gasteiger partial charge on any atom is 0.235 e. The van der Waals surface area contributed by atoms with Gasteiger partial charge in [0.1, 0.15) is 0 Å². The summed E-state index contributed by atoms with van der Waals surface area (Å²) < 4.78 is 0. The van der Waals surface area contributed by atoms with Crippen LogP contribution in [0.5, 0.6) is 0 Å². The number of nitrogens with two attached hydrogens (primary N) is 2. The normalized spacial score (nSPS) is 15.4. The molecule has 1 fully saturated rings. The number of carbonyl (C=O) groups excluding carboxylic acids is 2. The Balaban J connectivity index is 0.000000152. The van der Waals surface area contributed by atoms with Crippen LogP contribution in [0.2, 0.25) is 0 Å². The van der Waals surface area contributed by atoms with Crippen molar-refractivity contribution in [3.05, 3.63) is 84.9 Å². The number of nitrogens with zero attached hydrogens (tertiary/aromatic N) is 4. The molecule has 0 radical (unpaired) electrons. The lowest BCUT2D eigenvalue weighted by atomic mass is 9.93. The Morgan fingerprint density at radius 3 is 1.95 bits per heavy atom. The smallest absolute Gasteiger partial charge is 0.235 e. The Morgan fingerprint density at radius 1 is 0.711 bits per heavy atom. The van der Waals surface area contributed by atoms with Gasteiger partial charge >= 0.3 is 0 Å². The molecule has 0 spiro atoms. The zero-order valence-electron chi connectivity index (χ0n) is 20.3. The summed E-state index contributed by atoms with van der Waals surface area (Å²) in [6.45, 7) is 0. The number of rotatable bonds is 1. The van der Waals surface area contributed by atoms with Crippen LogP contribution in [0.25, 0.3) is 43.6 Å². The van der Waals surface area contributed by atoms with Crippen LogP contribution < -0.4 is 16.8 Å². The quantitative estimate of drug-likeness (QED) is 0.172. The van der Waals surface area contributed by atoms with Gasteiger partial charge in [0.15, 0.2) is 0 Å². The molecule has 9 nitrogen and oxygen atoms in total. The summed E-state index contributed by atoms with van der Waals surface area (Å²) in [6.07, 6.45) is 6.03. The fourth-order valence-electron chi connectivity index (χ4n) is 4.84. The molecule has 9 heteroatoms. The molecule has 1 aliphatic rings. The second kappa shape index (κ2) is 9.36. The maximum atomic E-state index is 12.1. The molecule has 6 aromatic rings. The third-order valence-electron chi connectivity index (χ3n) is 6.69. The Labute approximate surface area is 216 Å². The topological polar surface area (TPSA) is 150 Å². The molecule has 1 atom stereocenters. The molecule has 0 aliphatic carbocycles. The van der Waals surface area contributed by atoms with Gasteiger partial charge in [-0.05, 0) is 55.0 Å². The molecule has 5 N–H and O–H groups in total. The van der Waals surface area contributed by atoms with Crippen LogP contribution in [-0.2, 0) is 9.59 Å². The highest BCUT2D eigenvalue weighted by Crippen LogP contribution is 2.31. The largest absolute Gasteiger partial charge is 0.398 e. The van der Waals surface area contributed by atoms with Gasteiger partial charge in [-0.15, -0.1) is 0 Å². The van der Waals surface area contributed by atoms with Crippen LogP contribution in [0.3, 0.4) is 0 Å². The second-order valence-electron chi connectivity index (χ2n) is 9.12. The standard InChI is InChI=1S/C17H14N4O2.C12H9N3/c18-12-8-9-2-1-7-19-15(9)16-10(12)3-5-13(20-16)11-4-6-14(22)21-17(11)23;13-10-7-8-3-1-5-14-11(8)12-9(10)4-2-6-15-12/h1-3,5,7-8,11H,4,6,18H2,(H,21,22,23);1-7H,13H2. The van der Waals surface area contributed by atoms with Gasteiger partial charge in [0.25, 0.3) is 0 Å². The van der Waals surface area contributed by atoms with Crippen LogP contribution in [0.15, 0.2) is 79.3 Å². The van der Waals surface area contributed by atoms with Crippen molar-refractivity contribution in [1.29, 1.82) is 0 Å². The number of fused-ring (bicyclic) bond motifs is 6. The summed E-state index contributed by atoms with van der Waals surface area (Å²) in [5.74, 6) is -0.949. The number of piperidine rings is 1. The monoisotopic (exact) mass is 501 g/mol. The number of amides is 2. The first-order chi connectivity index (χ1) is 18.5. The highest BCUT2D eigenvalue weighted by Gasteiger charge is 2.29. The molecule has 0 saturated carbocycles. The summed E-state index contributed by atoms with van der Waals surface area (Å²) in [7, 11) is 0. The first-order valence-corrected chi connectivity index (χ1v) is 12.1. The summed E-state index contributed by atoms with van der Waals surface area (Å²) in [5, 5.41) is 6.08. The van der Waals surface area contributed by atoms with Gasteiger partial charge in [-0.1, -0.05) is 12.1 Å². The molecule has 2 amide bonds. The molecular weight excluding hydrogens is 478 g/mol. The summed E-state index contributed by atoms with van der Waals surface area (Å²) in [4.78, 5) is 41.1. The van der Waals surface area contributed by atoms with E-state index >= 15 is 0 Å². The molecule has 1 aliphatic heterocycles. The SMILES string of the molecule is Nc1cc2cccnc2c2nc(C3CCC(=O)NC3=O)ccc12.Nc1cc2cccnc2c2ncccc12. The lowest BCUT2D eigenvalue weighted by Crippen LogP contribution is -2.39. The van der Waals surface area contributed by atoms with E-state index in [4.69, 9.17) is 11.5 Å². The van der Waals surface area contributed by atoms with E-state index in [9.17, 15) is 9.59 Å². The molecule has 2 aromatic carbocycles. The lowest BCUT2D eigenvalue weighted by Gasteiger charge is -2.20. The zero-order valence-corrected chi connectivity index (χ0v) is 20.3. The number of aromatic nitrogens is 4. The molecule has 7 rings (SSSR count). The average Bonchev–Trinajstić information content (AvgIpc) is 2.94. The van der Waals surface area contributed by atoms with Crippen molar-refractivity contribution in [2.24, 2.45) is 0 Å². The number of imide groups is 1. The molecule has 38 heavy (non-hydrogen) atoms. The summed E-state index contributed by atoms with van der Waals surface area (Å²) >= 11 is 0. The van der Waals surface area contributed by atoms with Crippen molar-refractivity contribution in [2.45, 2.75) is 18.8 Å². The third kappa shape index (κ3) is 4.09. The van der Waals surface area contributed by atoms with E-state index in [1.54, 1.807) is 24.7 Å². The van der Waals surface area contributed by atoms with Gasteiger partial charge in [-0.3, -0.25) is 29.9 Å². The van der Waals surface area contributed by atoms with Crippen molar-refractivity contribution in [3.8, 4) is 0 Å². The molecular formula is C29H23N7O2. The Kier molecular flexibility index (Phi) is 5.72. The predicted octanol–water partition coefficient (Wildman–Crippen LogP) is 4.25. The average molecular weight is 502 g/mol. The van der Waals surface area contributed by atoms with E-state index in [-0.39, 0.29) is 11.8 Å². The van der Waals surface area contributed by atoms with Crippen LogP contribution in [0, 0.1) is 0 Å². The van der Waals surface area contributed by atoms with E-state index in [0.29, 0.717) is 29.7 Å². The molecule has 1 unspecified atom stereocenters. The summed E-state index contributed by atoms with van der Waals surface area (Å²) in [5.41, 5.74) is 17.3. The Hall–Kier alpha value is -5.18. The first-order valence-electron chi connectivity index (χ1n) is 12.1. The number of carbonyl (C=O) groups is 2. The zero-order chi connectivity index (χ0) is 26.2. The molecule has 5 heterocycles. The van der Waals surface area contributed by atoms with E-state index < -0.39 is 5.92 Å². The second-order valence-corrected chi connectivity index (χ2v) is 9.12. The van der Waals surface area contributed by atoms with Gasteiger partial charge in [-0.25, -0.2) is 4.98 Å². The van der Waals surface area contributed by atoms with E-state index in [2.05, 4.69) is 25.3 Å². The first kappa shape index (κ1) is 23.2. The fraction of sp³-hybridized carbons (Fsp3) is 0.103. The lowest BCUT2D eigenvalue weighted by molar-refractivity contribution is -0.134. The minimum Gasteiger partial charge on any atom is -0.398 e. The van der Waals surface area contributed by atoms with E-state index in [1.807, 2.05) is 54.6 Å². The van der Waals surface area contributed by atoms with Crippen LogP contribution in [0.1, 0.15) is 24.5 Å².